The van der Waals surface area contributed by atoms with Crippen molar-refractivity contribution in [2.24, 2.45) is 5.41 Å². The van der Waals surface area contributed by atoms with E-state index in [0.717, 1.165) is 4.90 Å². The monoisotopic (exact) mass is 425 g/mol. The maximum atomic E-state index is 14.4. The van der Waals surface area contributed by atoms with Gasteiger partial charge in [-0.05, 0) is 30.9 Å². The summed E-state index contributed by atoms with van der Waals surface area (Å²) in [4.78, 5) is 43.2. The molecule has 2 aliphatic rings. The first-order valence-corrected chi connectivity index (χ1v) is 9.43. The zero-order valence-corrected chi connectivity index (χ0v) is 16.8. The predicted molar refractivity (Wildman–Crippen MR) is 98.8 cm³/mol. The van der Waals surface area contributed by atoms with E-state index >= 15 is 0 Å². The number of rotatable bonds is 4. The first-order chi connectivity index (χ1) is 13.9. The molecule has 162 valence electrons. The van der Waals surface area contributed by atoms with E-state index in [-0.39, 0.29) is 31.7 Å². The second-order valence-corrected chi connectivity index (χ2v) is 8.07. The molecule has 1 atom stereocenters. The van der Waals surface area contributed by atoms with Crippen molar-refractivity contribution in [1.29, 1.82) is 0 Å². The number of halogens is 3. The number of hydrogen-bond donors (Lipinski definition) is 1. The minimum Gasteiger partial charge on any atom is -0.450 e. The first kappa shape index (κ1) is 21.8. The number of amides is 2. The third-order valence-electron chi connectivity index (χ3n) is 5.16. The number of alkyl halides is 3. The van der Waals surface area contributed by atoms with Crippen molar-refractivity contribution >= 4 is 17.8 Å². The molecule has 0 fully saturated rings. The number of aromatic nitrogens is 1. The van der Waals surface area contributed by atoms with Crippen LogP contribution in [0.5, 0.6) is 0 Å². The fourth-order valence-corrected chi connectivity index (χ4v) is 3.97. The summed E-state index contributed by atoms with van der Waals surface area (Å²) >= 11 is 0. The Labute approximate surface area is 171 Å². The van der Waals surface area contributed by atoms with Crippen molar-refractivity contribution in [3.05, 3.63) is 41.4 Å². The van der Waals surface area contributed by atoms with Crippen molar-refractivity contribution in [2.45, 2.75) is 51.9 Å². The van der Waals surface area contributed by atoms with Gasteiger partial charge >= 0.3 is 12.3 Å². The molecule has 0 saturated carbocycles. The first-order valence-electron chi connectivity index (χ1n) is 9.43. The molecule has 2 amide bonds. The Morgan fingerprint density at radius 3 is 2.53 bits per heavy atom. The zero-order chi connectivity index (χ0) is 22.3. The Bertz CT molecular complexity index is 912. The molecule has 3 rings (SSSR count). The molecule has 0 spiro atoms. The van der Waals surface area contributed by atoms with Gasteiger partial charge < -0.3 is 9.64 Å². The van der Waals surface area contributed by atoms with Crippen molar-refractivity contribution < 1.29 is 32.3 Å². The summed E-state index contributed by atoms with van der Waals surface area (Å²) in [5, 5.41) is 1.68. The minimum absolute atomic E-state index is 0.0407. The van der Waals surface area contributed by atoms with E-state index in [1.54, 1.807) is 37.4 Å². The van der Waals surface area contributed by atoms with E-state index in [9.17, 15) is 27.6 Å². The Morgan fingerprint density at radius 2 is 1.97 bits per heavy atom. The van der Waals surface area contributed by atoms with Gasteiger partial charge in [-0.1, -0.05) is 19.9 Å². The van der Waals surface area contributed by atoms with Crippen molar-refractivity contribution in [3.8, 4) is 0 Å². The molecule has 30 heavy (non-hydrogen) atoms. The van der Waals surface area contributed by atoms with Crippen LogP contribution < -0.4 is 5.32 Å². The number of alkyl carbamates (subject to hydrolysis) is 1. The van der Waals surface area contributed by atoms with Crippen LogP contribution in [-0.4, -0.2) is 46.0 Å². The summed E-state index contributed by atoms with van der Waals surface area (Å²) in [5.41, 5.74) is -4.56. The third-order valence-corrected chi connectivity index (χ3v) is 5.16. The highest BCUT2D eigenvalue weighted by molar-refractivity contribution is 6.13. The highest BCUT2D eigenvalue weighted by Gasteiger charge is 2.71. The fraction of sp³-hybridized carbons (Fsp3) is 0.500. The van der Waals surface area contributed by atoms with Gasteiger partial charge in [-0.25, -0.2) is 4.79 Å². The van der Waals surface area contributed by atoms with E-state index < -0.39 is 40.5 Å². The van der Waals surface area contributed by atoms with Gasteiger partial charge in [-0.15, -0.1) is 0 Å². The summed E-state index contributed by atoms with van der Waals surface area (Å²) in [7, 11) is 0. The van der Waals surface area contributed by atoms with Crippen LogP contribution in [0.2, 0.25) is 0 Å². The standard InChI is InChI=1S/C20H22F3N3O4/c1-4-30-17(29)25-19(20(21,22)23)15-13(9-18(2,3)10-14(15)27)26(16(19)28)11-12-7-5-6-8-24-12/h5-8H,4,9-11H2,1-3H3,(H,25,29)/t19-/m0/s1. The van der Waals surface area contributed by atoms with Crippen LogP contribution in [0.25, 0.3) is 0 Å². The Kier molecular flexibility index (Phi) is 5.38. The number of allylic oxidation sites excluding steroid dienone is 1. The van der Waals surface area contributed by atoms with Gasteiger partial charge in [-0.2, -0.15) is 13.2 Å². The molecular weight excluding hydrogens is 403 g/mol. The third kappa shape index (κ3) is 3.54. The second-order valence-electron chi connectivity index (χ2n) is 8.07. The average molecular weight is 425 g/mol. The van der Waals surface area contributed by atoms with Gasteiger partial charge in [0.25, 0.3) is 5.91 Å². The van der Waals surface area contributed by atoms with E-state index in [1.165, 1.54) is 13.1 Å². The molecule has 1 aliphatic carbocycles. The summed E-state index contributed by atoms with van der Waals surface area (Å²) in [5.74, 6) is -2.27. The van der Waals surface area contributed by atoms with E-state index in [4.69, 9.17) is 0 Å². The average Bonchev–Trinajstić information content (AvgIpc) is 2.85. The Hall–Kier alpha value is -2.91. The van der Waals surface area contributed by atoms with E-state index in [2.05, 4.69) is 9.72 Å². The molecule has 10 heteroatoms. The van der Waals surface area contributed by atoms with Crippen LogP contribution >= 0.6 is 0 Å². The maximum absolute atomic E-state index is 14.4. The number of pyridine rings is 1. The molecule has 0 unspecified atom stereocenters. The van der Waals surface area contributed by atoms with Gasteiger partial charge in [-0.3, -0.25) is 19.9 Å². The molecule has 0 radical (unpaired) electrons. The van der Waals surface area contributed by atoms with Gasteiger partial charge in [0.2, 0.25) is 5.54 Å². The largest absolute Gasteiger partial charge is 0.450 e. The van der Waals surface area contributed by atoms with Crippen LogP contribution in [0.4, 0.5) is 18.0 Å². The minimum atomic E-state index is -5.26. The lowest BCUT2D eigenvalue weighted by molar-refractivity contribution is -0.191. The van der Waals surface area contributed by atoms with Gasteiger partial charge in [0, 0.05) is 18.3 Å². The number of hydrogen-bond acceptors (Lipinski definition) is 5. The van der Waals surface area contributed by atoms with E-state index in [1.807, 2.05) is 0 Å². The lowest BCUT2D eigenvalue weighted by Gasteiger charge is -2.35. The molecule has 1 N–H and O–H groups in total. The molecule has 1 aliphatic heterocycles. The summed E-state index contributed by atoms with van der Waals surface area (Å²) in [6.45, 7) is 4.44. The Morgan fingerprint density at radius 1 is 1.27 bits per heavy atom. The topological polar surface area (TPSA) is 88.6 Å². The maximum Gasteiger partial charge on any atom is 0.425 e. The smallest absolute Gasteiger partial charge is 0.425 e. The number of ketones is 1. The number of carbonyl (C=O) groups excluding carboxylic acids is 3. The number of ether oxygens (including phenoxy) is 1. The quantitative estimate of drug-likeness (QED) is 0.801. The molecule has 7 nitrogen and oxygen atoms in total. The van der Waals surface area contributed by atoms with Crippen molar-refractivity contribution in [1.82, 2.24) is 15.2 Å². The van der Waals surface area contributed by atoms with Crippen LogP contribution in [0.15, 0.2) is 35.7 Å². The molecule has 2 heterocycles. The summed E-state index contributed by atoms with van der Waals surface area (Å²) in [6.07, 6.45) is -5.34. The van der Waals surface area contributed by atoms with Gasteiger partial charge in [0.1, 0.15) is 0 Å². The van der Waals surface area contributed by atoms with Gasteiger partial charge in [0.15, 0.2) is 5.78 Å². The van der Waals surface area contributed by atoms with Crippen molar-refractivity contribution in [2.75, 3.05) is 6.61 Å². The van der Waals surface area contributed by atoms with Crippen LogP contribution in [0.3, 0.4) is 0 Å². The fourth-order valence-electron chi connectivity index (χ4n) is 3.97. The summed E-state index contributed by atoms with van der Waals surface area (Å²) < 4.78 is 47.8. The summed E-state index contributed by atoms with van der Waals surface area (Å²) in [6, 6.07) is 4.84. The lowest BCUT2D eigenvalue weighted by atomic mass is 9.72. The molecular formula is C20H22F3N3O4. The highest BCUT2D eigenvalue weighted by Crippen LogP contribution is 2.52. The van der Waals surface area contributed by atoms with Crippen LogP contribution in [0.1, 0.15) is 39.3 Å². The predicted octanol–water partition coefficient (Wildman–Crippen LogP) is 3.11. The number of Topliss-reactive ketones (excluding diaryl/α,β-unsaturated/α-hetero) is 1. The van der Waals surface area contributed by atoms with E-state index in [0.29, 0.717) is 5.69 Å². The highest BCUT2D eigenvalue weighted by atomic mass is 19.4. The normalized spacial score (nSPS) is 23.5. The lowest BCUT2D eigenvalue weighted by Crippen LogP contribution is -2.66. The van der Waals surface area contributed by atoms with Crippen molar-refractivity contribution in [3.63, 3.8) is 0 Å². The van der Waals surface area contributed by atoms with Crippen LogP contribution in [0, 0.1) is 5.41 Å². The molecule has 0 aromatic carbocycles. The molecule has 0 bridgehead atoms. The number of nitrogens with zero attached hydrogens (tertiary/aromatic N) is 2. The molecule has 0 saturated heterocycles. The SMILES string of the molecule is CCOC(=O)N[C@]1(C(F)(F)F)C(=O)N(Cc2ccccn2)C2=C1C(=O)CC(C)(C)C2. The van der Waals surface area contributed by atoms with Gasteiger partial charge in [0.05, 0.1) is 24.4 Å². The Balaban J connectivity index is 2.19. The number of nitrogens with one attached hydrogen (secondary N) is 1. The second kappa shape index (κ2) is 7.41. The molecule has 1 aromatic heterocycles. The zero-order valence-electron chi connectivity index (χ0n) is 16.8. The van der Waals surface area contributed by atoms with Crippen LogP contribution in [-0.2, 0) is 20.9 Å². The number of carbonyl (C=O) groups is 3. The molecule has 1 aromatic rings.